The Morgan fingerprint density at radius 3 is 2.75 bits per heavy atom. The van der Waals surface area contributed by atoms with Crippen LogP contribution in [-0.4, -0.2) is 48.9 Å². The zero-order valence-electron chi connectivity index (χ0n) is 8.31. The van der Waals surface area contributed by atoms with E-state index in [0.29, 0.717) is 12.3 Å². The van der Waals surface area contributed by atoms with Crippen LogP contribution in [0.1, 0.15) is 0 Å². The molecule has 0 aromatic carbocycles. The molecule has 0 aromatic rings. The SMILES string of the molecule is O=C(NCC(F)(F)C(F)F)C1CSCCN1. The zero-order chi connectivity index (χ0) is 12.2. The van der Waals surface area contributed by atoms with Gasteiger partial charge in [-0.1, -0.05) is 0 Å². The van der Waals surface area contributed by atoms with Crippen LogP contribution < -0.4 is 10.6 Å². The van der Waals surface area contributed by atoms with Gasteiger partial charge in [-0.25, -0.2) is 8.78 Å². The molecule has 1 fully saturated rings. The fourth-order valence-electron chi connectivity index (χ4n) is 1.14. The first-order valence-corrected chi connectivity index (χ1v) is 5.84. The van der Waals surface area contributed by atoms with Crippen molar-refractivity contribution in [1.82, 2.24) is 10.6 Å². The fraction of sp³-hybridized carbons (Fsp3) is 0.875. The lowest BCUT2D eigenvalue weighted by Crippen LogP contribution is -2.52. The second-order valence-corrected chi connectivity index (χ2v) is 4.51. The second kappa shape index (κ2) is 5.72. The molecule has 94 valence electrons. The third-order valence-electron chi connectivity index (χ3n) is 2.06. The Labute approximate surface area is 94.3 Å². The number of alkyl halides is 4. The van der Waals surface area contributed by atoms with Gasteiger partial charge in [-0.15, -0.1) is 0 Å². The van der Waals surface area contributed by atoms with E-state index in [1.165, 1.54) is 11.8 Å². The highest BCUT2D eigenvalue weighted by Gasteiger charge is 2.41. The standard InChI is InChI=1S/C8H12F4N2OS/c9-7(10)8(11,12)4-14-6(15)5-3-16-2-1-13-5/h5,7,13H,1-4H2,(H,14,15). The average Bonchev–Trinajstić information content (AvgIpc) is 2.27. The molecule has 1 saturated heterocycles. The Morgan fingerprint density at radius 2 is 2.25 bits per heavy atom. The molecule has 8 heteroatoms. The van der Waals surface area contributed by atoms with Crippen LogP contribution in [0.25, 0.3) is 0 Å². The molecule has 0 bridgehead atoms. The molecule has 0 spiro atoms. The molecule has 2 N–H and O–H groups in total. The van der Waals surface area contributed by atoms with Gasteiger partial charge in [-0.05, 0) is 0 Å². The minimum absolute atomic E-state index is 0.464. The molecule has 0 aliphatic carbocycles. The van der Waals surface area contributed by atoms with Gasteiger partial charge in [0.05, 0.1) is 12.6 Å². The van der Waals surface area contributed by atoms with Crippen LogP contribution in [0.5, 0.6) is 0 Å². The first kappa shape index (κ1) is 13.6. The van der Waals surface area contributed by atoms with Crippen LogP contribution in [0, 0.1) is 0 Å². The Bertz CT molecular complexity index is 246. The van der Waals surface area contributed by atoms with E-state index in [4.69, 9.17) is 0 Å². The van der Waals surface area contributed by atoms with Gasteiger partial charge in [-0.2, -0.15) is 20.5 Å². The molecule has 16 heavy (non-hydrogen) atoms. The molecule has 1 rings (SSSR count). The fourth-order valence-corrected chi connectivity index (χ4v) is 2.07. The minimum atomic E-state index is -4.17. The summed E-state index contributed by atoms with van der Waals surface area (Å²) in [4.78, 5) is 11.3. The summed E-state index contributed by atoms with van der Waals surface area (Å²) >= 11 is 1.51. The van der Waals surface area contributed by atoms with Crippen molar-refractivity contribution in [2.75, 3.05) is 24.6 Å². The lowest BCUT2D eigenvalue weighted by molar-refractivity contribution is -0.137. The number of halogens is 4. The summed E-state index contributed by atoms with van der Waals surface area (Å²) in [6.45, 7) is -0.722. The second-order valence-electron chi connectivity index (χ2n) is 3.36. The van der Waals surface area contributed by atoms with Gasteiger partial charge in [0.15, 0.2) is 0 Å². The van der Waals surface area contributed by atoms with Gasteiger partial charge in [0, 0.05) is 18.1 Å². The molecule has 1 unspecified atom stereocenters. The third-order valence-corrected chi connectivity index (χ3v) is 3.12. The van der Waals surface area contributed by atoms with Gasteiger partial charge in [-0.3, -0.25) is 4.79 Å². The van der Waals surface area contributed by atoms with Crippen LogP contribution in [0.15, 0.2) is 0 Å². The molecule has 1 heterocycles. The highest BCUT2D eigenvalue weighted by atomic mass is 32.2. The summed E-state index contributed by atoms with van der Waals surface area (Å²) in [7, 11) is 0. The highest BCUT2D eigenvalue weighted by Crippen LogP contribution is 2.21. The number of thioether (sulfide) groups is 1. The molecule has 3 nitrogen and oxygen atoms in total. The smallest absolute Gasteiger partial charge is 0.324 e. The van der Waals surface area contributed by atoms with Gasteiger partial charge in [0.1, 0.15) is 0 Å². The van der Waals surface area contributed by atoms with Gasteiger partial charge in [0.25, 0.3) is 0 Å². The molecule has 0 saturated carbocycles. The molecule has 1 aliphatic rings. The lowest BCUT2D eigenvalue weighted by atomic mass is 10.3. The van der Waals surface area contributed by atoms with E-state index in [9.17, 15) is 22.4 Å². The number of carbonyl (C=O) groups is 1. The van der Waals surface area contributed by atoms with Crippen molar-refractivity contribution >= 4 is 17.7 Å². The normalized spacial score (nSPS) is 22.2. The maximum atomic E-state index is 12.5. The molecule has 1 atom stereocenters. The number of amides is 1. The van der Waals surface area contributed by atoms with Crippen molar-refractivity contribution in [3.8, 4) is 0 Å². The van der Waals surface area contributed by atoms with E-state index in [-0.39, 0.29) is 0 Å². The Kier molecular flexibility index (Phi) is 4.85. The van der Waals surface area contributed by atoms with E-state index in [2.05, 4.69) is 5.32 Å². The largest absolute Gasteiger partial charge is 0.348 e. The number of hydrogen-bond donors (Lipinski definition) is 2. The molecule has 1 aliphatic heterocycles. The summed E-state index contributed by atoms with van der Waals surface area (Å²) in [5.41, 5.74) is 0. The quantitative estimate of drug-likeness (QED) is 0.731. The van der Waals surface area contributed by atoms with Crippen LogP contribution in [0.4, 0.5) is 17.6 Å². The molecule has 1 amide bonds. The maximum absolute atomic E-state index is 12.5. The third kappa shape index (κ3) is 3.82. The van der Waals surface area contributed by atoms with E-state index in [0.717, 1.165) is 5.75 Å². The van der Waals surface area contributed by atoms with Crippen molar-refractivity contribution in [2.45, 2.75) is 18.4 Å². The predicted octanol–water partition coefficient (Wildman–Crippen LogP) is 0.708. The van der Waals surface area contributed by atoms with E-state index in [1.807, 2.05) is 5.32 Å². The van der Waals surface area contributed by atoms with Crippen LogP contribution >= 0.6 is 11.8 Å². The van der Waals surface area contributed by atoms with E-state index < -0.39 is 30.8 Å². The summed E-state index contributed by atoms with van der Waals surface area (Å²) in [5.74, 6) is -3.52. The van der Waals surface area contributed by atoms with Crippen LogP contribution in [0.2, 0.25) is 0 Å². The van der Waals surface area contributed by atoms with Crippen molar-refractivity contribution in [1.29, 1.82) is 0 Å². The van der Waals surface area contributed by atoms with Crippen molar-refractivity contribution in [3.05, 3.63) is 0 Å². The molecular formula is C8H12F4N2OS. The lowest BCUT2D eigenvalue weighted by Gasteiger charge is -2.23. The molecule has 0 aromatic heterocycles. The minimum Gasteiger partial charge on any atom is -0.348 e. The van der Waals surface area contributed by atoms with Crippen molar-refractivity contribution in [3.63, 3.8) is 0 Å². The van der Waals surface area contributed by atoms with Crippen LogP contribution in [0.3, 0.4) is 0 Å². The number of nitrogens with one attached hydrogen (secondary N) is 2. The maximum Gasteiger partial charge on any atom is 0.324 e. The number of carbonyl (C=O) groups excluding carboxylic acids is 1. The first-order valence-electron chi connectivity index (χ1n) is 4.68. The first-order chi connectivity index (χ1) is 7.43. The topological polar surface area (TPSA) is 41.1 Å². The van der Waals surface area contributed by atoms with Crippen molar-refractivity contribution in [2.24, 2.45) is 0 Å². The predicted molar refractivity (Wildman–Crippen MR) is 53.1 cm³/mol. The number of rotatable bonds is 4. The molecular weight excluding hydrogens is 248 g/mol. The Morgan fingerprint density at radius 1 is 1.56 bits per heavy atom. The monoisotopic (exact) mass is 260 g/mol. The summed E-state index contributed by atoms with van der Waals surface area (Å²) in [6, 6.07) is -0.577. The molecule has 0 radical (unpaired) electrons. The van der Waals surface area contributed by atoms with Crippen LogP contribution in [-0.2, 0) is 4.79 Å². The Hall–Kier alpha value is -0.500. The van der Waals surface area contributed by atoms with Gasteiger partial charge in [0.2, 0.25) is 5.91 Å². The summed E-state index contributed by atoms with van der Waals surface area (Å²) < 4.78 is 48.5. The summed E-state index contributed by atoms with van der Waals surface area (Å²) in [5, 5.41) is 4.65. The van der Waals surface area contributed by atoms with E-state index >= 15 is 0 Å². The number of hydrogen-bond acceptors (Lipinski definition) is 3. The van der Waals surface area contributed by atoms with E-state index in [1.54, 1.807) is 0 Å². The van der Waals surface area contributed by atoms with Crippen molar-refractivity contribution < 1.29 is 22.4 Å². The summed E-state index contributed by atoms with van der Waals surface area (Å²) in [6.07, 6.45) is -3.76. The Balaban J connectivity index is 2.34. The van der Waals surface area contributed by atoms with Gasteiger partial charge >= 0.3 is 12.3 Å². The average molecular weight is 260 g/mol. The van der Waals surface area contributed by atoms with Gasteiger partial charge < -0.3 is 10.6 Å². The highest BCUT2D eigenvalue weighted by molar-refractivity contribution is 7.99. The zero-order valence-corrected chi connectivity index (χ0v) is 9.13.